The van der Waals surface area contributed by atoms with Gasteiger partial charge in [0.1, 0.15) is 6.04 Å². The van der Waals surface area contributed by atoms with Gasteiger partial charge in [0.25, 0.3) is 5.91 Å². The van der Waals surface area contributed by atoms with E-state index in [9.17, 15) is 14.4 Å². The highest BCUT2D eigenvalue weighted by Crippen LogP contribution is 2.40. The van der Waals surface area contributed by atoms with Crippen LogP contribution in [0.5, 0.6) is 0 Å². The number of amides is 4. The first-order valence-electron chi connectivity index (χ1n) is 12.5. The van der Waals surface area contributed by atoms with E-state index in [-0.39, 0.29) is 24.4 Å². The lowest BCUT2D eigenvalue weighted by Crippen LogP contribution is -2.48. The van der Waals surface area contributed by atoms with Crippen molar-refractivity contribution in [1.82, 2.24) is 20.0 Å². The van der Waals surface area contributed by atoms with Gasteiger partial charge in [0.2, 0.25) is 5.91 Å². The molecule has 3 heterocycles. The van der Waals surface area contributed by atoms with Crippen molar-refractivity contribution < 1.29 is 19.1 Å². The number of carbonyl (C=O) groups excluding carboxylic acids is 3. The van der Waals surface area contributed by atoms with Crippen LogP contribution in [0.4, 0.5) is 4.79 Å². The van der Waals surface area contributed by atoms with Gasteiger partial charge < -0.3 is 19.9 Å². The van der Waals surface area contributed by atoms with Crippen molar-refractivity contribution in [2.24, 2.45) is 0 Å². The quantitative estimate of drug-likeness (QED) is 0.701. The average molecular weight is 489 g/mol. The molecule has 0 bridgehead atoms. The Kier molecular flexibility index (Phi) is 6.53. The molecule has 0 radical (unpaired) electrons. The highest BCUT2D eigenvalue weighted by atomic mass is 16.5. The normalized spacial score (nSPS) is 21.0. The number of nitrogens with one attached hydrogen (secondary N) is 1. The number of carbonyl (C=O) groups is 3. The predicted molar refractivity (Wildman–Crippen MR) is 135 cm³/mol. The summed E-state index contributed by atoms with van der Waals surface area (Å²) in [6.45, 7) is 8.47. The Morgan fingerprint density at radius 1 is 1.08 bits per heavy atom. The van der Waals surface area contributed by atoms with Crippen molar-refractivity contribution in [1.29, 1.82) is 0 Å². The molecular formula is C28H32N4O4. The molecule has 0 aromatic heterocycles. The summed E-state index contributed by atoms with van der Waals surface area (Å²) >= 11 is 0. The third kappa shape index (κ3) is 4.15. The van der Waals surface area contributed by atoms with E-state index in [0.29, 0.717) is 44.1 Å². The molecule has 2 aromatic rings. The van der Waals surface area contributed by atoms with Crippen LogP contribution in [0.3, 0.4) is 0 Å². The molecular weight excluding hydrogens is 456 g/mol. The maximum atomic E-state index is 14.2. The van der Waals surface area contributed by atoms with E-state index in [2.05, 4.69) is 11.4 Å². The minimum absolute atomic E-state index is 0.122. The molecule has 8 nitrogen and oxygen atoms in total. The van der Waals surface area contributed by atoms with Crippen LogP contribution in [0.2, 0.25) is 0 Å². The summed E-state index contributed by atoms with van der Waals surface area (Å²) < 4.78 is 5.45. The second-order valence-corrected chi connectivity index (χ2v) is 9.53. The molecule has 8 heteroatoms. The third-order valence-corrected chi connectivity index (χ3v) is 7.29. The van der Waals surface area contributed by atoms with Gasteiger partial charge in [-0.05, 0) is 37.5 Å². The number of urea groups is 1. The molecule has 3 aliphatic rings. The van der Waals surface area contributed by atoms with Crippen LogP contribution in [0, 0.1) is 13.8 Å². The Morgan fingerprint density at radius 2 is 1.81 bits per heavy atom. The number of benzene rings is 2. The number of ether oxygens (including phenoxy) is 1. The van der Waals surface area contributed by atoms with Crippen molar-refractivity contribution in [3.63, 3.8) is 0 Å². The highest BCUT2D eigenvalue weighted by molar-refractivity contribution is 6.04. The molecule has 4 amide bonds. The van der Waals surface area contributed by atoms with Gasteiger partial charge in [-0.1, -0.05) is 54.1 Å². The largest absolute Gasteiger partial charge is 0.378 e. The average Bonchev–Trinajstić information content (AvgIpc) is 3.21. The van der Waals surface area contributed by atoms with E-state index in [4.69, 9.17) is 4.74 Å². The molecule has 188 valence electrons. The number of aryl methyl sites for hydroxylation is 2. The second kappa shape index (κ2) is 9.78. The number of rotatable bonds is 5. The van der Waals surface area contributed by atoms with E-state index >= 15 is 0 Å². The summed E-state index contributed by atoms with van der Waals surface area (Å²) in [5, 5.41) is 3.06. The number of hydrogen-bond donors (Lipinski definition) is 1. The first kappa shape index (κ1) is 24.1. The maximum Gasteiger partial charge on any atom is 0.322 e. The van der Waals surface area contributed by atoms with Gasteiger partial charge in [-0.3, -0.25) is 14.5 Å². The fraction of sp³-hybridized carbons (Fsp3) is 0.393. The van der Waals surface area contributed by atoms with Crippen molar-refractivity contribution in [2.75, 3.05) is 39.4 Å². The van der Waals surface area contributed by atoms with Gasteiger partial charge in [-0.25, -0.2) is 4.79 Å². The van der Waals surface area contributed by atoms with Crippen molar-refractivity contribution in [2.45, 2.75) is 32.9 Å². The Hall–Kier alpha value is -3.65. The smallest absolute Gasteiger partial charge is 0.322 e. The highest BCUT2D eigenvalue weighted by Gasteiger charge is 2.48. The number of morpholine rings is 1. The van der Waals surface area contributed by atoms with E-state index in [1.165, 1.54) is 0 Å². The van der Waals surface area contributed by atoms with Crippen LogP contribution in [0.1, 0.15) is 41.3 Å². The molecule has 1 N–H and O–H groups in total. The van der Waals surface area contributed by atoms with Gasteiger partial charge >= 0.3 is 6.03 Å². The molecule has 36 heavy (non-hydrogen) atoms. The summed E-state index contributed by atoms with van der Waals surface area (Å²) in [7, 11) is 0. The van der Waals surface area contributed by atoms with Gasteiger partial charge in [0, 0.05) is 19.6 Å². The van der Waals surface area contributed by atoms with Crippen molar-refractivity contribution in [3.05, 3.63) is 82.1 Å². The van der Waals surface area contributed by atoms with Crippen molar-refractivity contribution >= 4 is 17.8 Å². The lowest BCUT2D eigenvalue weighted by Gasteiger charge is -2.35. The zero-order chi connectivity index (χ0) is 25.4. The van der Waals surface area contributed by atoms with Gasteiger partial charge in [-0.2, -0.15) is 0 Å². The minimum atomic E-state index is -0.782. The lowest BCUT2D eigenvalue weighted by molar-refractivity contribution is -0.146. The zero-order valence-electron chi connectivity index (χ0n) is 21.0. The molecule has 0 spiro atoms. The fourth-order valence-corrected chi connectivity index (χ4v) is 5.49. The van der Waals surface area contributed by atoms with Gasteiger partial charge in [0.15, 0.2) is 0 Å². The molecule has 2 aromatic carbocycles. The van der Waals surface area contributed by atoms with Gasteiger partial charge in [0.05, 0.1) is 37.1 Å². The fourth-order valence-electron chi connectivity index (χ4n) is 5.49. The number of likely N-dealkylation sites (N-methyl/N-ethyl adjacent to an activating group) is 1. The van der Waals surface area contributed by atoms with E-state index in [1.807, 2.05) is 63.2 Å². The third-order valence-electron chi connectivity index (χ3n) is 7.29. The summed E-state index contributed by atoms with van der Waals surface area (Å²) in [6, 6.07) is 13.9. The SMILES string of the molecule is CCN1C(=O)N[C@H](c2ccc(C)cc2C)C2=C1CN([C@H](C(=O)N1CCOCC1)c1ccccc1)C2=O. The van der Waals surface area contributed by atoms with Crippen LogP contribution in [-0.2, 0) is 14.3 Å². The number of hydrogen-bond acceptors (Lipinski definition) is 4. The standard InChI is InChI=1S/C28H32N4O4/c1-4-31-22-17-32(25(20-8-6-5-7-9-20)27(34)30-12-14-36-15-13-30)26(33)23(22)24(29-28(31)35)21-11-10-18(2)16-19(21)3/h5-11,16,24-25H,4,12-15,17H2,1-3H3,(H,29,35)/t24-,25+/m1/s1. The Balaban J connectivity index is 1.57. The van der Waals surface area contributed by atoms with Crippen LogP contribution >= 0.6 is 0 Å². The molecule has 5 rings (SSSR count). The minimum Gasteiger partial charge on any atom is -0.378 e. The summed E-state index contributed by atoms with van der Waals surface area (Å²) in [4.78, 5) is 46.2. The molecule has 2 atom stereocenters. The Bertz CT molecular complexity index is 1220. The van der Waals surface area contributed by atoms with Gasteiger partial charge in [-0.15, -0.1) is 0 Å². The van der Waals surface area contributed by atoms with E-state index in [0.717, 1.165) is 22.3 Å². The Labute approximate surface area is 211 Å². The molecule has 3 aliphatic heterocycles. The van der Waals surface area contributed by atoms with Crippen LogP contribution in [0.15, 0.2) is 59.8 Å². The summed E-state index contributed by atoms with van der Waals surface area (Å²) in [6.07, 6.45) is 0. The van der Waals surface area contributed by atoms with Crippen LogP contribution in [0.25, 0.3) is 0 Å². The molecule has 0 unspecified atom stereocenters. The summed E-state index contributed by atoms with van der Waals surface area (Å²) in [5.41, 5.74) is 4.98. The predicted octanol–water partition coefficient (Wildman–Crippen LogP) is 3.09. The zero-order valence-corrected chi connectivity index (χ0v) is 21.0. The topological polar surface area (TPSA) is 82.2 Å². The molecule has 1 fully saturated rings. The summed E-state index contributed by atoms with van der Waals surface area (Å²) in [5.74, 6) is -0.341. The van der Waals surface area contributed by atoms with Crippen LogP contribution < -0.4 is 5.32 Å². The first-order chi connectivity index (χ1) is 17.4. The monoisotopic (exact) mass is 488 g/mol. The van der Waals surface area contributed by atoms with Crippen LogP contribution in [-0.4, -0.2) is 71.9 Å². The van der Waals surface area contributed by atoms with E-state index in [1.54, 1.807) is 14.7 Å². The maximum absolute atomic E-state index is 14.2. The van der Waals surface area contributed by atoms with E-state index < -0.39 is 12.1 Å². The lowest BCUT2D eigenvalue weighted by atomic mass is 9.91. The number of nitrogens with zero attached hydrogens (tertiary/aromatic N) is 3. The van der Waals surface area contributed by atoms with Crippen molar-refractivity contribution in [3.8, 4) is 0 Å². The molecule has 1 saturated heterocycles. The first-order valence-corrected chi connectivity index (χ1v) is 12.5. The molecule has 0 saturated carbocycles. The second-order valence-electron chi connectivity index (χ2n) is 9.53. The molecule has 0 aliphatic carbocycles. The Morgan fingerprint density at radius 3 is 2.47 bits per heavy atom.